The van der Waals surface area contributed by atoms with Gasteiger partial charge in [0.15, 0.2) is 17.3 Å². The summed E-state index contributed by atoms with van der Waals surface area (Å²) in [6, 6.07) is 18.2. The van der Waals surface area contributed by atoms with E-state index in [1.165, 1.54) is 6.07 Å². The third-order valence-corrected chi connectivity index (χ3v) is 5.02. The van der Waals surface area contributed by atoms with Gasteiger partial charge in [-0.1, -0.05) is 61.2 Å². The lowest BCUT2D eigenvalue weighted by Gasteiger charge is -2.19. The summed E-state index contributed by atoms with van der Waals surface area (Å²) in [6.07, 6.45) is 0. The molecular formula is C25H20F2O3. The summed E-state index contributed by atoms with van der Waals surface area (Å²) in [5, 5.41) is 0. The van der Waals surface area contributed by atoms with Crippen LogP contribution < -0.4 is 9.47 Å². The number of ether oxygens (including phenoxy) is 2. The SMILES string of the molecule is C=C(C(=O)c1ccc(-c2ccccc2C(C)(F)F)cc1)c1ccc2c(c1)OCCO2. The average Bonchev–Trinajstić information content (AvgIpc) is 2.77. The number of alkyl halides is 2. The fourth-order valence-electron chi connectivity index (χ4n) is 3.46. The highest BCUT2D eigenvalue weighted by atomic mass is 19.3. The number of allylic oxidation sites excluding steroid dienone is 1. The van der Waals surface area contributed by atoms with E-state index in [4.69, 9.17) is 9.47 Å². The molecule has 0 aromatic heterocycles. The van der Waals surface area contributed by atoms with Gasteiger partial charge in [0.05, 0.1) is 0 Å². The number of carbonyl (C=O) groups excluding carboxylic acids is 1. The third kappa shape index (κ3) is 3.83. The largest absolute Gasteiger partial charge is 0.486 e. The second kappa shape index (κ2) is 7.75. The van der Waals surface area contributed by atoms with Gasteiger partial charge in [-0.3, -0.25) is 4.79 Å². The Balaban J connectivity index is 1.59. The van der Waals surface area contributed by atoms with Crippen molar-refractivity contribution >= 4 is 11.4 Å². The minimum absolute atomic E-state index is 0.0511. The van der Waals surface area contributed by atoms with E-state index in [9.17, 15) is 13.6 Å². The Morgan fingerprint density at radius 1 is 0.900 bits per heavy atom. The zero-order chi connectivity index (χ0) is 21.3. The van der Waals surface area contributed by atoms with Crippen LogP contribution in [-0.4, -0.2) is 19.0 Å². The lowest BCUT2D eigenvalue weighted by Crippen LogP contribution is -2.15. The molecule has 0 saturated carbocycles. The van der Waals surface area contributed by atoms with Gasteiger partial charge in [0, 0.05) is 23.6 Å². The van der Waals surface area contributed by atoms with Gasteiger partial charge in [-0.05, 0) is 28.8 Å². The van der Waals surface area contributed by atoms with E-state index < -0.39 is 5.92 Å². The molecule has 0 saturated heterocycles. The number of hydrogen-bond donors (Lipinski definition) is 0. The molecule has 0 spiro atoms. The van der Waals surface area contributed by atoms with Gasteiger partial charge >= 0.3 is 0 Å². The maximum Gasteiger partial charge on any atom is 0.271 e. The number of Topliss-reactive ketones (excluding diaryl/α,β-unsaturated/α-hetero) is 1. The molecule has 0 fully saturated rings. The molecule has 4 rings (SSSR count). The highest BCUT2D eigenvalue weighted by Gasteiger charge is 2.27. The molecule has 30 heavy (non-hydrogen) atoms. The van der Waals surface area contributed by atoms with E-state index >= 15 is 0 Å². The molecule has 3 nitrogen and oxygen atoms in total. The highest BCUT2D eigenvalue weighted by Crippen LogP contribution is 2.36. The van der Waals surface area contributed by atoms with Gasteiger partial charge in [-0.25, -0.2) is 8.78 Å². The maximum atomic E-state index is 13.9. The van der Waals surface area contributed by atoms with Gasteiger partial charge in [0.1, 0.15) is 13.2 Å². The van der Waals surface area contributed by atoms with Crippen LogP contribution in [0.4, 0.5) is 8.78 Å². The van der Waals surface area contributed by atoms with E-state index in [2.05, 4.69) is 6.58 Å². The molecule has 1 aliphatic heterocycles. The molecule has 1 heterocycles. The summed E-state index contributed by atoms with van der Waals surface area (Å²) < 4.78 is 38.9. The standard InChI is InChI=1S/C25H20F2O3/c1-16(19-11-12-22-23(15-19)30-14-13-29-22)24(28)18-9-7-17(8-10-18)20-5-3-4-6-21(20)25(2,26)27/h3-12,15H,1,13-14H2,2H3. The number of carbonyl (C=O) groups is 1. The first-order valence-corrected chi connectivity index (χ1v) is 9.56. The quantitative estimate of drug-likeness (QED) is 0.378. The Morgan fingerprint density at radius 2 is 1.53 bits per heavy atom. The van der Waals surface area contributed by atoms with Crippen molar-refractivity contribution in [3.8, 4) is 22.6 Å². The highest BCUT2D eigenvalue weighted by molar-refractivity contribution is 6.28. The van der Waals surface area contributed by atoms with Gasteiger partial charge in [-0.2, -0.15) is 0 Å². The zero-order valence-electron chi connectivity index (χ0n) is 16.5. The minimum atomic E-state index is -2.96. The van der Waals surface area contributed by atoms with Crippen LogP contribution in [0.25, 0.3) is 16.7 Å². The van der Waals surface area contributed by atoms with Crippen LogP contribution in [0.3, 0.4) is 0 Å². The van der Waals surface area contributed by atoms with Crippen molar-refractivity contribution in [1.82, 2.24) is 0 Å². The summed E-state index contributed by atoms with van der Waals surface area (Å²) in [7, 11) is 0. The first-order valence-electron chi connectivity index (χ1n) is 9.56. The second-order valence-electron chi connectivity index (χ2n) is 7.18. The monoisotopic (exact) mass is 406 g/mol. The van der Waals surface area contributed by atoms with Crippen LogP contribution in [0.15, 0.2) is 73.3 Å². The molecule has 0 aliphatic carbocycles. The topological polar surface area (TPSA) is 35.5 Å². The van der Waals surface area contributed by atoms with Crippen molar-refractivity contribution in [3.63, 3.8) is 0 Å². The summed E-state index contributed by atoms with van der Waals surface area (Å²) >= 11 is 0. The van der Waals surface area contributed by atoms with Crippen LogP contribution in [0.5, 0.6) is 11.5 Å². The number of fused-ring (bicyclic) bond motifs is 1. The van der Waals surface area contributed by atoms with E-state index in [1.54, 1.807) is 60.7 Å². The zero-order valence-corrected chi connectivity index (χ0v) is 16.5. The fraction of sp³-hybridized carbons (Fsp3) is 0.160. The minimum Gasteiger partial charge on any atom is -0.486 e. The summed E-state index contributed by atoms with van der Waals surface area (Å²) in [6.45, 7) is 5.75. The lowest BCUT2D eigenvalue weighted by molar-refractivity contribution is 0.0181. The van der Waals surface area contributed by atoms with Crippen LogP contribution >= 0.6 is 0 Å². The van der Waals surface area contributed by atoms with Crippen LogP contribution in [0.2, 0.25) is 0 Å². The van der Waals surface area contributed by atoms with Crippen molar-refractivity contribution in [3.05, 3.63) is 90.0 Å². The molecule has 0 atom stereocenters. The van der Waals surface area contributed by atoms with E-state index in [-0.39, 0.29) is 11.3 Å². The molecule has 3 aromatic carbocycles. The van der Waals surface area contributed by atoms with Gasteiger partial charge in [0.25, 0.3) is 5.92 Å². The second-order valence-corrected chi connectivity index (χ2v) is 7.18. The average molecular weight is 406 g/mol. The lowest BCUT2D eigenvalue weighted by atomic mass is 9.93. The number of ketones is 1. The van der Waals surface area contributed by atoms with Crippen molar-refractivity contribution in [1.29, 1.82) is 0 Å². The summed E-state index contributed by atoms with van der Waals surface area (Å²) in [4.78, 5) is 12.9. The number of benzene rings is 3. The predicted molar refractivity (Wildman–Crippen MR) is 112 cm³/mol. The fourth-order valence-corrected chi connectivity index (χ4v) is 3.46. The normalized spacial score (nSPS) is 13.0. The van der Waals surface area contributed by atoms with Gasteiger partial charge in [-0.15, -0.1) is 0 Å². The predicted octanol–water partition coefficient (Wildman–Crippen LogP) is 6.13. The molecular weight excluding hydrogens is 386 g/mol. The van der Waals surface area contributed by atoms with E-state index in [1.807, 2.05) is 0 Å². The molecule has 5 heteroatoms. The van der Waals surface area contributed by atoms with E-state index in [0.717, 1.165) is 6.92 Å². The maximum absolute atomic E-state index is 13.9. The van der Waals surface area contributed by atoms with Crippen molar-refractivity contribution in [2.75, 3.05) is 13.2 Å². The summed E-state index contributed by atoms with van der Waals surface area (Å²) in [5.41, 5.74) is 2.40. The molecule has 3 aromatic rings. The van der Waals surface area contributed by atoms with Crippen LogP contribution in [0.1, 0.15) is 28.4 Å². The molecule has 0 N–H and O–H groups in total. The van der Waals surface area contributed by atoms with Crippen LogP contribution in [0, 0.1) is 0 Å². The Labute approximate surface area is 173 Å². The molecule has 1 aliphatic rings. The molecule has 0 unspecified atom stereocenters. The van der Waals surface area contributed by atoms with Gasteiger partial charge in [0.2, 0.25) is 0 Å². The molecule has 152 valence electrons. The number of rotatable bonds is 5. The summed E-state index contributed by atoms with van der Waals surface area (Å²) in [5.74, 6) is -1.98. The number of hydrogen-bond acceptors (Lipinski definition) is 3. The van der Waals surface area contributed by atoms with Crippen molar-refractivity contribution < 1.29 is 23.0 Å². The smallest absolute Gasteiger partial charge is 0.271 e. The Kier molecular flexibility index (Phi) is 5.12. The van der Waals surface area contributed by atoms with Crippen LogP contribution in [-0.2, 0) is 5.92 Å². The Bertz CT molecular complexity index is 1110. The first kappa shape index (κ1) is 19.8. The molecule has 0 radical (unpaired) electrons. The third-order valence-electron chi connectivity index (χ3n) is 5.02. The van der Waals surface area contributed by atoms with Crippen molar-refractivity contribution in [2.45, 2.75) is 12.8 Å². The van der Waals surface area contributed by atoms with Crippen molar-refractivity contribution in [2.24, 2.45) is 0 Å². The molecule has 0 bridgehead atoms. The van der Waals surface area contributed by atoms with Gasteiger partial charge < -0.3 is 9.47 Å². The Hall–Kier alpha value is -3.47. The molecule has 0 amide bonds. The van der Waals surface area contributed by atoms with E-state index in [0.29, 0.717) is 52.5 Å². The first-order chi connectivity index (χ1) is 14.3. The Morgan fingerprint density at radius 3 is 2.23 bits per heavy atom. The number of halogens is 2.